The molecule has 0 unspecified atom stereocenters. The molecule has 5 heteroatoms. The number of aryl methyl sites for hydroxylation is 1. The van der Waals surface area contributed by atoms with Gasteiger partial charge in [-0.05, 0) is 62.1 Å². The first kappa shape index (κ1) is 17.7. The van der Waals surface area contributed by atoms with Gasteiger partial charge in [-0.25, -0.2) is 0 Å². The highest BCUT2D eigenvalue weighted by Crippen LogP contribution is 2.17. The van der Waals surface area contributed by atoms with Crippen molar-refractivity contribution < 1.29 is 9.53 Å². The molecule has 0 aliphatic rings. The summed E-state index contributed by atoms with van der Waals surface area (Å²) < 4.78 is 5.58. The van der Waals surface area contributed by atoms with Crippen LogP contribution in [0, 0.1) is 0 Å². The molecule has 0 saturated heterocycles. The van der Waals surface area contributed by atoms with Crippen LogP contribution >= 0.6 is 0 Å². The summed E-state index contributed by atoms with van der Waals surface area (Å²) in [7, 11) is 0. The van der Waals surface area contributed by atoms with E-state index in [1.54, 1.807) is 12.1 Å². The first-order valence-corrected chi connectivity index (χ1v) is 8.69. The van der Waals surface area contributed by atoms with E-state index >= 15 is 0 Å². The van der Waals surface area contributed by atoms with Crippen LogP contribution in [0.25, 0.3) is 10.9 Å². The van der Waals surface area contributed by atoms with Crippen LogP contribution < -0.4 is 15.6 Å². The quantitative estimate of drug-likeness (QED) is 0.708. The fourth-order valence-corrected chi connectivity index (χ4v) is 2.74. The molecule has 0 fully saturated rings. The molecule has 3 aromatic rings. The van der Waals surface area contributed by atoms with Gasteiger partial charge in [-0.3, -0.25) is 9.59 Å². The normalized spacial score (nSPS) is 10.9. The molecule has 0 saturated carbocycles. The van der Waals surface area contributed by atoms with Crippen LogP contribution in [0.4, 0.5) is 5.69 Å². The molecular formula is C21H22N2O3. The van der Waals surface area contributed by atoms with Gasteiger partial charge >= 0.3 is 0 Å². The average molecular weight is 350 g/mol. The molecule has 0 atom stereocenters. The third kappa shape index (κ3) is 4.51. The van der Waals surface area contributed by atoms with Crippen LogP contribution in [0.2, 0.25) is 0 Å². The van der Waals surface area contributed by atoms with E-state index in [-0.39, 0.29) is 24.0 Å². The summed E-state index contributed by atoms with van der Waals surface area (Å²) >= 11 is 0. The molecule has 1 amide bonds. The Morgan fingerprint density at radius 3 is 2.58 bits per heavy atom. The maximum Gasteiger partial charge on any atom is 0.251 e. The Bertz CT molecular complexity index is 959. The second-order valence-electron chi connectivity index (χ2n) is 6.45. The number of anilines is 1. The van der Waals surface area contributed by atoms with Gasteiger partial charge in [0.2, 0.25) is 5.91 Å². The van der Waals surface area contributed by atoms with Crippen molar-refractivity contribution in [2.24, 2.45) is 0 Å². The second kappa shape index (κ2) is 7.87. The van der Waals surface area contributed by atoms with E-state index in [0.717, 1.165) is 16.7 Å². The smallest absolute Gasteiger partial charge is 0.251 e. The number of H-pyrrole nitrogens is 1. The number of fused-ring (bicyclic) bond motifs is 1. The van der Waals surface area contributed by atoms with Gasteiger partial charge in [0.1, 0.15) is 5.75 Å². The molecule has 2 aromatic carbocycles. The zero-order chi connectivity index (χ0) is 18.5. The van der Waals surface area contributed by atoms with E-state index in [4.69, 9.17) is 4.74 Å². The van der Waals surface area contributed by atoms with E-state index in [1.807, 2.05) is 56.3 Å². The molecule has 5 nitrogen and oxygen atoms in total. The molecule has 0 bridgehead atoms. The molecule has 0 aliphatic carbocycles. The molecule has 3 rings (SSSR count). The van der Waals surface area contributed by atoms with Crippen molar-refractivity contribution in [2.45, 2.75) is 32.8 Å². The summed E-state index contributed by atoms with van der Waals surface area (Å²) in [5, 5.41) is 3.80. The van der Waals surface area contributed by atoms with Crippen LogP contribution in [0.5, 0.6) is 5.75 Å². The Balaban J connectivity index is 1.60. The molecule has 26 heavy (non-hydrogen) atoms. The van der Waals surface area contributed by atoms with Crippen LogP contribution in [-0.4, -0.2) is 17.0 Å². The van der Waals surface area contributed by atoms with Gasteiger partial charge in [-0.2, -0.15) is 0 Å². The van der Waals surface area contributed by atoms with Gasteiger partial charge in [-0.1, -0.05) is 18.2 Å². The zero-order valence-corrected chi connectivity index (χ0v) is 14.9. The summed E-state index contributed by atoms with van der Waals surface area (Å²) in [6.07, 6.45) is 0.738. The fraction of sp³-hybridized carbons (Fsp3) is 0.238. The Labute approximate surface area is 152 Å². The van der Waals surface area contributed by atoms with Crippen molar-refractivity contribution in [1.82, 2.24) is 4.98 Å². The van der Waals surface area contributed by atoms with Crippen molar-refractivity contribution in [1.29, 1.82) is 0 Å². The van der Waals surface area contributed by atoms with E-state index in [1.165, 1.54) is 0 Å². The van der Waals surface area contributed by atoms with Gasteiger partial charge < -0.3 is 15.0 Å². The van der Waals surface area contributed by atoms with Crippen molar-refractivity contribution >= 4 is 22.5 Å². The van der Waals surface area contributed by atoms with Gasteiger partial charge in [0.05, 0.1) is 6.10 Å². The van der Waals surface area contributed by atoms with E-state index in [9.17, 15) is 9.59 Å². The van der Waals surface area contributed by atoms with Crippen molar-refractivity contribution in [3.63, 3.8) is 0 Å². The topological polar surface area (TPSA) is 71.2 Å². The number of carbonyl (C=O) groups is 1. The van der Waals surface area contributed by atoms with Crippen molar-refractivity contribution in [3.8, 4) is 5.75 Å². The maximum atomic E-state index is 12.2. The second-order valence-corrected chi connectivity index (χ2v) is 6.45. The van der Waals surface area contributed by atoms with Crippen LogP contribution in [0.3, 0.4) is 0 Å². The Morgan fingerprint density at radius 1 is 1.12 bits per heavy atom. The van der Waals surface area contributed by atoms with E-state index in [2.05, 4.69) is 10.3 Å². The molecule has 0 spiro atoms. The Hall–Kier alpha value is -3.08. The number of ether oxygens (including phenoxy) is 1. The lowest BCUT2D eigenvalue weighted by Crippen LogP contribution is -2.17. The number of nitrogens with one attached hydrogen (secondary N) is 2. The van der Waals surface area contributed by atoms with E-state index in [0.29, 0.717) is 17.7 Å². The Morgan fingerprint density at radius 2 is 1.85 bits per heavy atom. The van der Waals surface area contributed by atoms with Crippen molar-refractivity contribution in [3.05, 3.63) is 70.5 Å². The summed E-state index contributed by atoms with van der Waals surface area (Å²) in [6, 6.07) is 16.7. The summed E-state index contributed by atoms with van der Waals surface area (Å²) in [5.41, 5.74) is 1.97. The molecule has 0 radical (unpaired) electrons. The predicted molar refractivity (Wildman–Crippen MR) is 104 cm³/mol. The number of carbonyl (C=O) groups excluding carboxylic acids is 1. The zero-order valence-electron chi connectivity index (χ0n) is 14.9. The average Bonchev–Trinajstić information content (AvgIpc) is 2.61. The number of para-hydroxylation sites is 1. The highest BCUT2D eigenvalue weighted by atomic mass is 16.5. The van der Waals surface area contributed by atoms with Gasteiger partial charge in [-0.15, -0.1) is 0 Å². The van der Waals surface area contributed by atoms with Crippen LogP contribution in [0.15, 0.2) is 59.4 Å². The lowest BCUT2D eigenvalue weighted by atomic mass is 10.1. The first-order chi connectivity index (χ1) is 12.5. The number of benzene rings is 2. The number of pyridine rings is 1. The minimum atomic E-state index is -0.147. The highest BCUT2D eigenvalue weighted by molar-refractivity contribution is 5.91. The third-order valence-electron chi connectivity index (χ3n) is 3.96. The van der Waals surface area contributed by atoms with E-state index < -0.39 is 0 Å². The van der Waals surface area contributed by atoms with Crippen molar-refractivity contribution in [2.75, 3.05) is 5.32 Å². The minimum Gasteiger partial charge on any atom is -0.491 e. The number of aromatic nitrogens is 1. The van der Waals surface area contributed by atoms with Crippen LogP contribution in [0.1, 0.15) is 25.8 Å². The number of hydrogen-bond donors (Lipinski definition) is 2. The molecule has 2 N–H and O–H groups in total. The van der Waals surface area contributed by atoms with Crippen LogP contribution in [-0.2, 0) is 11.2 Å². The monoisotopic (exact) mass is 350 g/mol. The van der Waals surface area contributed by atoms with Gasteiger partial charge in [0.15, 0.2) is 0 Å². The standard InChI is InChI=1S/C21H22N2O3/c1-14(2)26-18-10-8-17(9-11-18)22-20(24)12-7-16-13-15-5-3-4-6-19(15)23-21(16)25/h3-6,8-11,13-14H,7,12H2,1-2H3,(H,22,24)(H,23,25). The summed E-state index contributed by atoms with van der Waals surface area (Å²) in [6.45, 7) is 3.92. The highest BCUT2D eigenvalue weighted by Gasteiger charge is 2.08. The number of amides is 1. The molecule has 134 valence electrons. The lowest BCUT2D eigenvalue weighted by molar-refractivity contribution is -0.116. The Kier molecular flexibility index (Phi) is 5.37. The van der Waals surface area contributed by atoms with Gasteiger partial charge in [0, 0.05) is 23.2 Å². The molecule has 1 heterocycles. The molecule has 0 aliphatic heterocycles. The SMILES string of the molecule is CC(C)Oc1ccc(NC(=O)CCc2cc3ccccc3[nH]c2=O)cc1. The number of aromatic amines is 1. The minimum absolute atomic E-state index is 0.107. The summed E-state index contributed by atoms with van der Waals surface area (Å²) in [4.78, 5) is 27.1. The molecule has 1 aromatic heterocycles. The molecular weight excluding hydrogens is 328 g/mol. The first-order valence-electron chi connectivity index (χ1n) is 8.69. The maximum absolute atomic E-state index is 12.2. The largest absolute Gasteiger partial charge is 0.491 e. The summed E-state index contributed by atoms with van der Waals surface area (Å²) in [5.74, 6) is 0.635. The predicted octanol–water partition coefficient (Wildman–Crippen LogP) is 3.89. The lowest BCUT2D eigenvalue weighted by Gasteiger charge is -2.10. The van der Waals surface area contributed by atoms with Gasteiger partial charge in [0.25, 0.3) is 5.56 Å². The number of rotatable bonds is 6. The number of hydrogen-bond acceptors (Lipinski definition) is 3. The third-order valence-corrected chi connectivity index (χ3v) is 3.96. The fourth-order valence-electron chi connectivity index (χ4n) is 2.74.